The van der Waals surface area contributed by atoms with Crippen LogP contribution >= 0.6 is 0 Å². The van der Waals surface area contributed by atoms with Crippen LogP contribution in [-0.4, -0.2) is 23.2 Å². The van der Waals surface area contributed by atoms with Gasteiger partial charge in [0.15, 0.2) is 0 Å². The van der Waals surface area contributed by atoms with Gasteiger partial charge in [0.1, 0.15) is 0 Å². The normalized spacial score (nSPS) is 15.6. The van der Waals surface area contributed by atoms with E-state index in [4.69, 9.17) is 0 Å². The number of nitrogens with one attached hydrogen (secondary N) is 1. The Balaban J connectivity index is 3.79. The summed E-state index contributed by atoms with van der Waals surface area (Å²) in [5, 5.41) is 11.9. The first-order chi connectivity index (χ1) is 5.07. The Hall–Kier alpha value is -0.570. The highest BCUT2D eigenvalue weighted by atomic mass is 16.3. The van der Waals surface area contributed by atoms with Crippen molar-refractivity contribution in [3.8, 4) is 0 Å². The predicted octanol–water partition coefficient (Wildman–Crippen LogP) is 0.672. The van der Waals surface area contributed by atoms with Crippen LogP contribution in [0.2, 0.25) is 0 Å². The number of hydrogen-bond donors (Lipinski definition) is 2. The van der Waals surface area contributed by atoms with Crippen molar-refractivity contribution >= 4 is 5.91 Å². The van der Waals surface area contributed by atoms with Gasteiger partial charge in [-0.3, -0.25) is 4.79 Å². The fourth-order valence-corrected chi connectivity index (χ4v) is 1.01. The van der Waals surface area contributed by atoms with Crippen molar-refractivity contribution in [2.75, 3.05) is 0 Å². The molecule has 1 amide bonds. The maximum absolute atomic E-state index is 10.6. The number of carbonyl (C=O) groups is 1. The SMILES string of the molecule is CCC[C@H](NC(C)=O)C(C)O. The monoisotopic (exact) mass is 159 g/mol. The summed E-state index contributed by atoms with van der Waals surface area (Å²) in [4.78, 5) is 10.6. The molecule has 0 bridgehead atoms. The van der Waals surface area contributed by atoms with Gasteiger partial charge < -0.3 is 10.4 Å². The van der Waals surface area contributed by atoms with E-state index in [0.29, 0.717) is 0 Å². The smallest absolute Gasteiger partial charge is 0.217 e. The van der Waals surface area contributed by atoms with E-state index in [1.54, 1.807) is 6.92 Å². The second kappa shape index (κ2) is 5.13. The zero-order valence-electron chi connectivity index (χ0n) is 7.42. The molecule has 0 aromatic heterocycles. The molecule has 0 heterocycles. The predicted molar refractivity (Wildman–Crippen MR) is 44.2 cm³/mol. The number of rotatable bonds is 4. The molecule has 0 saturated heterocycles. The Morgan fingerprint density at radius 1 is 1.64 bits per heavy atom. The van der Waals surface area contributed by atoms with Crippen LogP contribution in [0.1, 0.15) is 33.6 Å². The molecule has 0 saturated carbocycles. The minimum Gasteiger partial charge on any atom is -0.391 e. The molecule has 0 spiro atoms. The van der Waals surface area contributed by atoms with E-state index in [0.717, 1.165) is 12.8 Å². The van der Waals surface area contributed by atoms with Gasteiger partial charge in [0, 0.05) is 6.92 Å². The van der Waals surface area contributed by atoms with Crippen molar-refractivity contribution < 1.29 is 9.90 Å². The number of amides is 1. The fourth-order valence-electron chi connectivity index (χ4n) is 1.01. The van der Waals surface area contributed by atoms with Gasteiger partial charge in [0.05, 0.1) is 12.1 Å². The summed E-state index contributed by atoms with van der Waals surface area (Å²) in [6, 6.07) is -0.0856. The molecule has 0 aliphatic carbocycles. The van der Waals surface area contributed by atoms with Crippen LogP contribution in [0, 0.1) is 0 Å². The summed E-state index contributed by atoms with van der Waals surface area (Å²) in [6.45, 7) is 5.18. The van der Waals surface area contributed by atoms with Gasteiger partial charge in [0.25, 0.3) is 0 Å². The first-order valence-corrected chi connectivity index (χ1v) is 4.03. The highest BCUT2D eigenvalue weighted by Crippen LogP contribution is 2.01. The van der Waals surface area contributed by atoms with E-state index in [1.165, 1.54) is 6.92 Å². The van der Waals surface area contributed by atoms with Crippen LogP contribution < -0.4 is 5.32 Å². The molecular formula is C8H17NO2. The fraction of sp³-hybridized carbons (Fsp3) is 0.875. The molecule has 0 aromatic rings. The third-order valence-corrected chi connectivity index (χ3v) is 1.57. The van der Waals surface area contributed by atoms with Crippen molar-refractivity contribution in [1.82, 2.24) is 5.32 Å². The molecule has 0 aromatic carbocycles. The van der Waals surface area contributed by atoms with Gasteiger partial charge in [-0.1, -0.05) is 13.3 Å². The van der Waals surface area contributed by atoms with Crippen molar-refractivity contribution in [2.45, 2.75) is 45.8 Å². The molecule has 3 nitrogen and oxygen atoms in total. The molecule has 2 N–H and O–H groups in total. The molecule has 2 atom stereocenters. The molecule has 0 rings (SSSR count). The van der Waals surface area contributed by atoms with Crippen molar-refractivity contribution in [2.24, 2.45) is 0 Å². The Kier molecular flexibility index (Phi) is 4.86. The summed E-state index contributed by atoms with van der Waals surface area (Å²) >= 11 is 0. The summed E-state index contributed by atoms with van der Waals surface area (Å²) in [5.74, 6) is -0.0793. The molecule has 0 aliphatic heterocycles. The minimum absolute atomic E-state index is 0.0793. The van der Waals surface area contributed by atoms with Crippen LogP contribution in [0.4, 0.5) is 0 Å². The maximum atomic E-state index is 10.6. The van der Waals surface area contributed by atoms with Gasteiger partial charge in [-0.05, 0) is 13.3 Å². The first-order valence-electron chi connectivity index (χ1n) is 4.03. The van der Waals surface area contributed by atoms with Crippen LogP contribution in [0.3, 0.4) is 0 Å². The second-order valence-electron chi connectivity index (χ2n) is 2.84. The lowest BCUT2D eigenvalue weighted by molar-refractivity contribution is -0.120. The Bertz CT molecular complexity index is 123. The van der Waals surface area contributed by atoms with Gasteiger partial charge in [-0.15, -0.1) is 0 Å². The summed E-state index contributed by atoms with van der Waals surface area (Å²) < 4.78 is 0. The molecule has 3 heteroatoms. The lowest BCUT2D eigenvalue weighted by atomic mass is 10.1. The Morgan fingerprint density at radius 3 is 2.45 bits per heavy atom. The summed E-state index contributed by atoms with van der Waals surface area (Å²) in [6.07, 6.45) is 1.34. The largest absolute Gasteiger partial charge is 0.391 e. The molecule has 1 unspecified atom stereocenters. The Morgan fingerprint density at radius 2 is 2.18 bits per heavy atom. The van der Waals surface area contributed by atoms with E-state index in [1.807, 2.05) is 6.92 Å². The van der Waals surface area contributed by atoms with E-state index in [9.17, 15) is 9.90 Å². The highest BCUT2D eigenvalue weighted by molar-refractivity contribution is 5.73. The molecular weight excluding hydrogens is 142 g/mol. The van der Waals surface area contributed by atoms with Crippen molar-refractivity contribution in [3.63, 3.8) is 0 Å². The van der Waals surface area contributed by atoms with Crippen molar-refractivity contribution in [1.29, 1.82) is 0 Å². The third kappa shape index (κ3) is 4.79. The second-order valence-corrected chi connectivity index (χ2v) is 2.84. The molecule has 0 radical (unpaired) electrons. The topological polar surface area (TPSA) is 49.3 Å². The average Bonchev–Trinajstić information content (AvgIpc) is 1.86. The zero-order chi connectivity index (χ0) is 8.85. The van der Waals surface area contributed by atoms with Crippen LogP contribution in [-0.2, 0) is 4.79 Å². The van der Waals surface area contributed by atoms with E-state index >= 15 is 0 Å². The van der Waals surface area contributed by atoms with E-state index < -0.39 is 6.10 Å². The highest BCUT2D eigenvalue weighted by Gasteiger charge is 2.13. The van der Waals surface area contributed by atoms with Crippen LogP contribution in [0.5, 0.6) is 0 Å². The third-order valence-electron chi connectivity index (χ3n) is 1.57. The average molecular weight is 159 g/mol. The minimum atomic E-state index is -0.459. The molecule has 66 valence electrons. The first kappa shape index (κ1) is 10.4. The summed E-state index contributed by atoms with van der Waals surface area (Å²) in [5.41, 5.74) is 0. The van der Waals surface area contributed by atoms with Crippen LogP contribution in [0.25, 0.3) is 0 Å². The number of hydrogen-bond acceptors (Lipinski definition) is 2. The summed E-state index contributed by atoms with van der Waals surface area (Å²) in [7, 11) is 0. The van der Waals surface area contributed by atoms with Gasteiger partial charge in [-0.2, -0.15) is 0 Å². The van der Waals surface area contributed by atoms with Gasteiger partial charge in [0.2, 0.25) is 5.91 Å². The van der Waals surface area contributed by atoms with Gasteiger partial charge in [-0.25, -0.2) is 0 Å². The van der Waals surface area contributed by atoms with Crippen LogP contribution in [0.15, 0.2) is 0 Å². The molecule has 0 aliphatic rings. The lowest BCUT2D eigenvalue weighted by Crippen LogP contribution is -2.40. The maximum Gasteiger partial charge on any atom is 0.217 e. The van der Waals surface area contributed by atoms with E-state index in [-0.39, 0.29) is 11.9 Å². The number of aliphatic hydroxyl groups excluding tert-OH is 1. The number of aliphatic hydroxyl groups is 1. The van der Waals surface area contributed by atoms with E-state index in [2.05, 4.69) is 5.32 Å². The van der Waals surface area contributed by atoms with Crippen molar-refractivity contribution in [3.05, 3.63) is 0 Å². The van der Waals surface area contributed by atoms with Gasteiger partial charge >= 0.3 is 0 Å². The number of carbonyl (C=O) groups excluding carboxylic acids is 1. The standard InChI is InChI=1S/C8H17NO2/c1-4-5-8(6(2)10)9-7(3)11/h6,8,10H,4-5H2,1-3H3,(H,9,11)/t6?,8-/m0/s1. The lowest BCUT2D eigenvalue weighted by Gasteiger charge is -2.19. The molecule has 11 heavy (non-hydrogen) atoms. The Labute approximate surface area is 67.8 Å². The molecule has 0 fully saturated rings. The quantitative estimate of drug-likeness (QED) is 0.633. The zero-order valence-corrected chi connectivity index (χ0v) is 7.42.